The maximum atomic E-state index is 10.9. The van der Waals surface area contributed by atoms with Crippen LogP contribution in [0.15, 0.2) is 12.3 Å². The fraction of sp³-hybridized carbons (Fsp3) is 0.500. The molecule has 0 aliphatic rings. The maximum absolute atomic E-state index is 10.9. The molecule has 0 atom stereocenters. The zero-order valence-corrected chi connectivity index (χ0v) is 9.66. The first-order valence-corrected chi connectivity index (χ1v) is 5.33. The van der Waals surface area contributed by atoms with Crippen LogP contribution in [0.4, 0.5) is 0 Å². The van der Waals surface area contributed by atoms with Crippen LogP contribution in [-0.4, -0.2) is 15.6 Å². The highest BCUT2D eigenvalue weighted by molar-refractivity contribution is 5.75. The molecule has 0 amide bonds. The molecule has 0 aromatic carbocycles. The van der Waals surface area contributed by atoms with Crippen LogP contribution in [0.2, 0.25) is 0 Å². The average Bonchev–Trinajstić information content (AvgIpc) is 2.53. The topological polar surface area (TPSA) is 34.9 Å². The Hall–Kier alpha value is -1.38. The molecule has 1 aromatic rings. The first-order valence-electron chi connectivity index (χ1n) is 5.33. The predicted octanol–water partition coefficient (Wildman–Crippen LogP) is 2.59. The minimum absolute atomic E-state index is 0.202. The largest absolute Gasteiger partial charge is 0.300 e. The van der Waals surface area contributed by atoms with Crippen molar-refractivity contribution in [3.05, 3.63) is 23.5 Å². The number of carbonyl (C=O) groups excluding carboxylic acids is 1. The molecule has 3 heteroatoms. The van der Waals surface area contributed by atoms with Crippen LogP contribution < -0.4 is 0 Å². The van der Waals surface area contributed by atoms with Crippen molar-refractivity contribution in [3.63, 3.8) is 0 Å². The number of hydrogen-bond donors (Lipinski definition) is 0. The lowest BCUT2D eigenvalue weighted by Crippen LogP contribution is -2.06. The molecule has 0 aliphatic carbocycles. The first kappa shape index (κ1) is 11.7. The van der Waals surface area contributed by atoms with Gasteiger partial charge >= 0.3 is 0 Å². The van der Waals surface area contributed by atoms with Gasteiger partial charge in [-0.25, -0.2) is 0 Å². The second-order valence-electron chi connectivity index (χ2n) is 3.70. The summed E-state index contributed by atoms with van der Waals surface area (Å²) < 4.78 is 1.89. The number of Topliss-reactive ketones (excluding diaryl/α,β-unsaturated/α-hetero) is 1. The molecular formula is C12H18N2O. The van der Waals surface area contributed by atoms with E-state index in [1.165, 1.54) is 0 Å². The second-order valence-corrected chi connectivity index (χ2v) is 3.70. The fourth-order valence-electron chi connectivity index (χ4n) is 1.38. The van der Waals surface area contributed by atoms with Crippen LogP contribution >= 0.6 is 0 Å². The number of nitrogens with zero attached hydrogens (tertiary/aromatic N) is 2. The van der Waals surface area contributed by atoms with E-state index in [1.807, 2.05) is 17.8 Å². The van der Waals surface area contributed by atoms with Crippen LogP contribution in [0.5, 0.6) is 0 Å². The first-order chi connectivity index (χ1) is 7.15. The van der Waals surface area contributed by atoms with Crippen molar-refractivity contribution in [1.82, 2.24) is 9.78 Å². The van der Waals surface area contributed by atoms with Gasteiger partial charge in [0.2, 0.25) is 0 Å². The number of aryl methyl sites for hydroxylation is 2. The molecular weight excluding hydrogens is 188 g/mol. The highest BCUT2D eigenvalue weighted by Crippen LogP contribution is 2.10. The molecule has 0 aliphatic heterocycles. The van der Waals surface area contributed by atoms with Crippen molar-refractivity contribution in [3.8, 4) is 0 Å². The third-order valence-corrected chi connectivity index (χ3v) is 2.26. The van der Waals surface area contributed by atoms with Gasteiger partial charge in [0, 0.05) is 13.0 Å². The molecule has 0 saturated carbocycles. The Bertz CT molecular complexity index is 364. The molecule has 1 heterocycles. The lowest BCUT2D eigenvalue weighted by atomic mass is 10.2. The van der Waals surface area contributed by atoms with E-state index in [-0.39, 0.29) is 5.78 Å². The molecule has 0 fully saturated rings. The molecule has 15 heavy (non-hydrogen) atoms. The molecule has 0 unspecified atom stereocenters. The third kappa shape index (κ3) is 3.35. The van der Waals surface area contributed by atoms with Crippen molar-refractivity contribution in [1.29, 1.82) is 0 Å². The van der Waals surface area contributed by atoms with Crippen molar-refractivity contribution >= 4 is 11.9 Å². The van der Waals surface area contributed by atoms with E-state index in [0.717, 1.165) is 17.7 Å². The number of aromatic nitrogens is 2. The zero-order valence-electron chi connectivity index (χ0n) is 9.66. The van der Waals surface area contributed by atoms with Crippen LogP contribution in [0, 0.1) is 6.92 Å². The standard InChI is InChI=1S/C12H18N2O/c1-4-5-6-12-10(2)9-13-14(12)8-7-11(3)15/h5-6,9H,4,7-8H2,1-3H3/b6-5-. The van der Waals surface area contributed by atoms with Gasteiger partial charge in [-0.15, -0.1) is 0 Å². The molecule has 0 bridgehead atoms. The van der Waals surface area contributed by atoms with E-state index in [0.29, 0.717) is 13.0 Å². The summed E-state index contributed by atoms with van der Waals surface area (Å²) >= 11 is 0. The minimum Gasteiger partial charge on any atom is -0.300 e. The molecule has 0 radical (unpaired) electrons. The van der Waals surface area contributed by atoms with Crippen LogP contribution in [0.25, 0.3) is 6.08 Å². The predicted molar refractivity (Wildman–Crippen MR) is 61.6 cm³/mol. The van der Waals surface area contributed by atoms with E-state index >= 15 is 0 Å². The SMILES string of the molecule is CC/C=C\c1c(C)cnn1CCC(C)=O. The number of carbonyl (C=O) groups is 1. The van der Waals surface area contributed by atoms with Gasteiger partial charge < -0.3 is 0 Å². The van der Waals surface area contributed by atoms with E-state index in [1.54, 1.807) is 6.92 Å². The van der Waals surface area contributed by atoms with E-state index in [2.05, 4.69) is 24.2 Å². The molecule has 82 valence electrons. The quantitative estimate of drug-likeness (QED) is 0.742. The number of allylic oxidation sites excluding steroid dienone is 1. The minimum atomic E-state index is 0.202. The van der Waals surface area contributed by atoms with Gasteiger partial charge in [-0.1, -0.05) is 13.0 Å². The molecule has 1 rings (SSSR count). The number of ketones is 1. The van der Waals surface area contributed by atoms with Gasteiger partial charge in [-0.05, 0) is 31.9 Å². The number of hydrogen-bond acceptors (Lipinski definition) is 2. The van der Waals surface area contributed by atoms with Gasteiger partial charge in [-0.3, -0.25) is 9.48 Å². The summed E-state index contributed by atoms with van der Waals surface area (Å²) in [5.74, 6) is 0.202. The highest BCUT2D eigenvalue weighted by atomic mass is 16.1. The Balaban J connectivity index is 2.78. The summed E-state index contributed by atoms with van der Waals surface area (Å²) in [6, 6.07) is 0. The van der Waals surface area contributed by atoms with Gasteiger partial charge in [-0.2, -0.15) is 5.10 Å². The monoisotopic (exact) mass is 206 g/mol. The summed E-state index contributed by atoms with van der Waals surface area (Å²) in [5, 5.41) is 4.25. The van der Waals surface area contributed by atoms with Crippen molar-refractivity contribution in [2.24, 2.45) is 0 Å². The van der Waals surface area contributed by atoms with Crippen molar-refractivity contribution < 1.29 is 4.79 Å². The van der Waals surface area contributed by atoms with E-state index < -0.39 is 0 Å². The fourth-order valence-corrected chi connectivity index (χ4v) is 1.38. The smallest absolute Gasteiger partial charge is 0.131 e. The summed E-state index contributed by atoms with van der Waals surface area (Å²) in [5.41, 5.74) is 2.27. The molecule has 0 spiro atoms. The van der Waals surface area contributed by atoms with E-state index in [4.69, 9.17) is 0 Å². The van der Waals surface area contributed by atoms with Gasteiger partial charge in [0.1, 0.15) is 5.78 Å². The summed E-state index contributed by atoms with van der Waals surface area (Å²) in [6.07, 6.45) is 7.58. The van der Waals surface area contributed by atoms with E-state index in [9.17, 15) is 4.79 Å². The van der Waals surface area contributed by atoms with Gasteiger partial charge in [0.05, 0.1) is 11.9 Å². The third-order valence-electron chi connectivity index (χ3n) is 2.26. The van der Waals surface area contributed by atoms with Gasteiger partial charge in [0.15, 0.2) is 0 Å². The Morgan fingerprint density at radius 3 is 2.93 bits per heavy atom. The summed E-state index contributed by atoms with van der Waals surface area (Å²) in [4.78, 5) is 10.9. The second kappa shape index (κ2) is 5.49. The normalized spacial score (nSPS) is 11.1. The Morgan fingerprint density at radius 2 is 2.33 bits per heavy atom. The van der Waals surface area contributed by atoms with Crippen LogP contribution in [-0.2, 0) is 11.3 Å². The molecule has 1 aromatic heterocycles. The lowest BCUT2D eigenvalue weighted by Gasteiger charge is -2.03. The molecule has 0 saturated heterocycles. The molecule has 0 N–H and O–H groups in total. The summed E-state index contributed by atoms with van der Waals surface area (Å²) in [7, 11) is 0. The van der Waals surface area contributed by atoms with Crippen LogP contribution in [0.1, 0.15) is 37.9 Å². The highest BCUT2D eigenvalue weighted by Gasteiger charge is 2.04. The van der Waals surface area contributed by atoms with Crippen LogP contribution in [0.3, 0.4) is 0 Å². The zero-order chi connectivity index (χ0) is 11.3. The average molecular weight is 206 g/mol. The van der Waals surface area contributed by atoms with Crippen molar-refractivity contribution in [2.45, 2.75) is 40.2 Å². The van der Waals surface area contributed by atoms with Gasteiger partial charge in [0.25, 0.3) is 0 Å². The van der Waals surface area contributed by atoms with Crippen molar-refractivity contribution in [2.75, 3.05) is 0 Å². The maximum Gasteiger partial charge on any atom is 0.131 e. The Labute approximate surface area is 90.8 Å². The lowest BCUT2D eigenvalue weighted by molar-refractivity contribution is -0.117. The number of rotatable bonds is 5. The Kier molecular flexibility index (Phi) is 4.28. The summed E-state index contributed by atoms with van der Waals surface area (Å²) in [6.45, 7) is 6.42. The Morgan fingerprint density at radius 1 is 1.60 bits per heavy atom. The molecule has 3 nitrogen and oxygen atoms in total.